The Morgan fingerprint density at radius 1 is 1.15 bits per heavy atom. The second-order valence-corrected chi connectivity index (χ2v) is 9.51. The third-order valence-corrected chi connectivity index (χ3v) is 6.03. The summed E-state index contributed by atoms with van der Waals surface area (Å²) in [6.45, 7) is 4.95. The molecule has 0 fully saturated rings. The Bertz CT molecular complexity index is 1460. The highest BCUT2D eigenvalue weighted by Gasteiger charge is 2.21. The first-order valence-electron chi connectivity index (χ1n) is 12.4. The number of hydrogen-bond acceptors (Lipinski definition) is 8. The summed E-state index contributed by atoms with van der Waals surface area (Å²) in [7, 11) is 7.36. The number of likely N-dealkylation sites (N-methyl/N-ethyl adjacent to an activating group) is 3. The van der Waals surface area contributed by atoms with Gasteiger partial charge in [-0.2, -0.15) is 4.98 Å². The Hall–Kier alpha value is -4.58. The van der Waals surface area contributed by atoms with E-state index in [9.17, 15) is 13.6 Å². The number of rotatable bonds is 10. The highest BCUT2D eigenvalue weighted by molar-refractivity contribution is 6.01. The van der Waals surface area contributed by atoms with Gasteiger partial charge in [0.1, 0.15) is 17.4 Å². The minimum Gasteiger partial charge on any atom is -0.457 e. The molecule has 210 valence electrons. The van der Waals surface area contributed by atoms with Gasteiger partial charge in [-0.15, -0.1) is 0 Å². The van der Waals surface area contributed by atoms with Crippen molar-refractivity contribution >= 4 is 40.8 Å². The van der Waals surface area contributed by atoms with E-state index in [1.54, 1.807) is 42.2 Å². The predicted octanol–water partition coefficient (Wildman–Crippen LogP) is 4.63. The molecule has 0 radical (unpaired) electrons. The summed E-state index contributed by atoms with van der Waals surface area (Å²) in [4.78, 5) is 26.4. The summed E-state index contributed by atoms with van der Waals surface area (Å²) in [5, 5.41) is 5.67. The zero-order valence-corrected chi connectivity index (χ0v) is 22.6. The first kappa shape index (κ1) is 28.4. The van der Waals surface area contributed by atoms with E-state index in [0.717, 1.165) is 18.2 Å². The van der Waals surface area contributed by atoms with Gasteiger partial charge in [-0.3, -0.25) is 4.79 Å². The molecule has 3 aromatic rings. The van der Waals surface area contributed by atoms with Gasteiger partial charge in [0.25, 0.3) is 0 Å². The molecule has 2 aromatic carbocycles. The van der Waals surface area contributed by atoms with Crippen molar-refractivity contribution < 1.29 is 22.7 Å². The van der Waals surface area contributed by atoms with Crippen LogP contribution < -0.4 is 25.2 Å². The summed E-state index contributed by atoms with van der Waals surface area (Å²) in [6.07, 6.45) is 4.33. The fourth-order valence-electron chi connectivity index (χ4n) is 4.07. The van der Waals surface area contributed by atoms with Crippen LogP contribution in [0.4, 0.5) is 42.0 Å². The maximum Gasteiger partial charge on any atom is 0.247 e. The first-order valence-corrected chi connectivity index (χ1v) is 12.4. The number of anilines is 5. The topological polar surface area (TPSA) is 85.9 Å². The fourth-order valence-corrected chi connectivity index (χ4v) is 4.07. The molecule has 1 aliphatic heterocycles. The molecule has 0 atom stereocenters. The van der Waals surface area contributed by atoms with Crippen LogP contribution >= 0.6 is 0 Å². The minimum atomic E-state index is -0.809. The van der Waals surface area contributed by atoms with Gasteiger partial charge >= 0.3 is 0 Å². The second kappa shape index (κ2) is 12.1. The summed E-state index contributed by atoms with van der Waals surface area (Å²) in [5.74, 6) is -1.44. The van der Waals surface area contributed by atoms with Crippen molar-refractivity contribution in [2.24, 2.45) is 0 Å². The summed E-state index contributed by atoms with van der Waals surface area (Å²) < 4.78 is 48.3. The summed E-state index contributed by atoms with van der Waals surface area (Å²) in [5.41, 5.74) is 1.44. The fraction of sp³-hybridized carbons (Fsp3) is 0.250. The molecule has 2 heterocycles. The lowest BCUT2D eigenvalue weighted by Crippen LogP contribution is -2.30. The largest absolute Gasteiger partial charge is 0.457 e. The molecule has 0 saturated carbocycles. The summed E-state index contributed by atoms with van der Waals surface area (Å²) in [6, 6.07) is 6.00. The molecule has 0 aliphatic carbocycles. The van der Waals surface area contributed by atoms with Crippen molar-refractivity contribution in [3.05, 3.63) is 78.0 Å². The lowest BCUT2D eigenvalue weighted by molar-refractivity contribution is -0.111. The number of amides is 1. The number of halogens is 3. The molecule has 1 aromatic heterocycles. The van der Waals surface area contributed by atoms with Crippen LogP contribution in [0.3, 0.4) is 0 Å². The number of aromatic nitrogens is 2. The van der Waals surface area contributed by atoms with E-state index in [4.69, 9.17) is 4.74 Å². The van der Waals surface area contributed by atoms with Crippen LogP contribution in [0.5, 0.6) is 5.75 Å². The van der Waals surface area contributed by atoms with E-state index < -0.39 is 23.4 Å². The van der Waals surface area contributed by atoms with Crippen molar-refractivity contribution in [2.75, 3.05) is 68.3 Å². The lowest BCUT2D eigenvalue weighted by atomic mass is 10.2. The number of fused-ring (bicyclic) bond motifs is 1. The van der Waals surface area contributed by atoms with Crippen molar-refractivity contribution in [3.8, 4) is 5.75 Å². The molecule has 0 bridgehead atoms. The van der Waals surface area contributed by atoms with E-state index >= 15 is 4.39 Å². The number of carbonyl (C=O) groups is 1. The van der Waals surface area contributed by atoms with Crippen LogP contribution in [0.15, 0.2) is 54.9 Å². The average Bonchev–Trinajstić information content (AvgIpc) is 2.89. The third-order valence-electron chi connectivity index (χ3n) is 6.03. The number of nitrogens with one attached hydrogen (secondary N) is 2. The Morgan fingerprint density at radius 2 is 1.93 bits per heavy atom. The average molecular weight is 554 g/mol. The smallest absolute Gasteiger partial charge is 0.247 e. The van der Waals surface area contributed by atoms with Crippen molar-refractivity contribution in [2.45, 2.75) is 0 Å². The zero-order valence-electron chi connectivity index (χ0n) is 22.6. The van der Waals surface area contributed by atoms with Crippen LogP contribution in [0.1, 0.15) is 5.56 Å². The van der Waals surface area contributed by atoms with Crippen molar-refractivity contribution in [1.82, 2.24) is 14.9 Å². The van der Waals surface area contributed by atoms with E-state index in [1.807, 2.05) is 19.0 Å². The van der Waals surface area contributed by atoms with Crippen LogP contribution in [0, 0.1) is 17.5 Å². The molecule has 1 amide bonds. The van der Waals surface area contributed by atoms with Crippen LogP contribution in [-0.2, 0) is 4.79 Å². The standard InChI is InChI=1S/C28H30F3N7O2/c1-6-25(39)34-23-14-19(13-22(31)26(23)37(4)10-9-36(2)3)33-28-32-15-17-11-20(16-38(5)27(17)35-28)40-24-8-7-18(29)12-21(24)30/h6-8,11-15H,1,9-10,16H2,2-5H3,(H,34,39)(H,32,33,35). The number of benzene rings is 2. The van der Waals surface area contributed by atoms with Gasteiger partial charge < -0.3 is 30.1 Å². The molecule has 4 rings (SSSR count). The number of ether oxygens (including phenoxy) is 1. The maximum absolute atomic E-state index is 15.4. The van der Waals surface area contributed by atoms with E-state index in [1.165, 1.54) is 12.1 Å². The van der Waals surface area contributed by atoms with Gasteiger partial charge in [-0.25, -0.2) is 18.2 Å². The highest BCUT2D eigenvalue weighted by Crippen LogP contribution is 2.34. The van der Waals surface area contributed by atoms with Crippen LogP contribution in [0.25, 0.3) is 6.08 Å². The highest BCUT2D eigenvalue weighted by atomic mass is 19.1. The molecule has 0 spiro atoms. The summed E-state index contributed by atoms with van der Waals surface area (Å²) >= 11 is 0. The van der Waals surface area contributed by atoms with E-state index in [0.29, 0.717) is 35.9 Å². The Kier molecular flexibility index (Phi) is 8.58. The number of carbonyl (C=O) groups excluding carboxylic acids is 1. The molecule has 12 heteroatoms. The SMILES string of the molecule is C=CC(=O)Nc1cc(Nc2ncc3c(n2)N(C)CC(Oc2ccc(F)cc2F)=C3)cc(F)c1N(C)CCN(C)C. The molecule has 0 unspecified atom stereocenters. The van der Waals surface area contributed by atoms with Crippen molar-refractivity contribution in [3.63, 3.8) is 0 Å². The Morgan fingerprint density at radius 3 is 2.62 bits per heavy atom. The number of hydrogen-bond donors (Lipinski definition) is 2. The molecule has 2 N–H and O–H groups in total. The molecule has 40 heavy (non-hydrogen) atoms. The second-order valence-electron chi connectivity index (χ2n) is 9.51. The van der Waals surface area contributed by atoms with Gasteiger partial charge in [0.2, 0.25) is 11.9 Å². The van der Waals surface area contributed by atoms with Gasteiger partial charge in [0.15, 0.2) is 17.4 Å². The molecule has 1 aliphatic rings. The molecular weight excluding hydrogens is 523 g/mol. The van der Waals surface area contributed by atoms with Crippen LogP contribution in [-0.4, -0.2) is 68.6 Å². The van der Waals surface area contributed by atoms with Gasteiger partial charge in [-0.05, 0) is 50.5 Å². The molecule has 0 saturated heterocycles. The van der Waals surface area contributed by atoms with Crippen LogP contribution in [0.2, 0.25) is 0 Å². The quantitative estimate of drug-likeness (QED) is 0.352. The lowest BCUT2D eigenvalue weighted by Gasteiger charge is -2.27. The molecular formula is C28H30F3N7O2. The van der Waals surface area contributed by atoms with Gasteiger partial charge in [-0.1, -0.05) is 6.58 Å². The van der Waals surface area contributed by atoms with Gasteiger partial charge in [0, 0.05) is 50.7 Å². The van der Waals surface area contributed by atoms with E-state index in [-0.39, 0.29) is 29.6 Å². The van der Waals surface area contributed by atoms with E-state index in [2.05, 4.69) is 27.2 Å². The Labute approximate surface area is 230 Å². The predicted molar refractivity (Wildman–Crippen MR) is 151 cm³/mol. The number of nitrogens with zero attached hydrogens (tertiary/aromatic N) is 5. The monoisotopic (exact) mass is 553 g/mol. The minimum absolute atomic E-state index is 0.0964. The first-order chi connectivity index (χ1) is 19.0. The zero-order chi connectivity index (χ0) is 29.0. The molecule has 9 nitrogen and oxygen atoms in total. The third kappa shape index (κ3) is 6.70. The normalized spacial score (nSPS) is 12.5. The maximum atomic E-state index is 15.4. The van der Waals surface area contributed by atoms with Crippen molar-refractivity contribution in [1.29, 1.82) is 0 Å². The van der Waals surface area contributed by atoms with Gasteiger partial charge in [0.05, 0.1) is 17.9 Å². The Balaban J connectivity index is 1.58.